The third-order valence-electron chi connectivity index (χ3n) is 4.39. The summed E-state index contributed by atoms with van der Waals surface area (Å²) in [5, 5.41) is 0. The molecule has 1 aromatic heterocycles. The van der Waals surface area contributed by atoms with Crippen LogP contribution in [0, 0.1) is 0 Å². The highest BCUT2D eigenvalue weighted by atomic mass is 19.4. The Balaban J connectivity index is 2.11. The van der Waals surface area contributed by atoms with E-state index >= 15 is 0 Å². The highest BCUT2D eigenvalue weighted by Gasteiger charge is 2.43. The number of hydrogen-bond acceptors (Lipinski definition) is 4. The second-order valence-corrected chi connectivity index (χ2v) is 5.98. The molecule has 2 aliphatic rings. The van der Waals surface area contributed by atoms with Crippen molar-refractivity contribution in [2.45, 2.75) is 50.4 Å². The van der Waals surface area contributed by atoms with Gasteiger partial charge in [0.1, 0.15) is 17.6 Å². The molecule has 0 aromatic carbocycles. The lowest BCUT2D eigenvalue weighted by Crippen LogP contribution is -2.27. The number of nitrogen functional groups attached to an aromatic ring is 1. The Hall–Kier alpha value is -1.60. The van der Waals surface area contributed by atoms with Gasteiger partial charge in [0.05, 0.1) is 12.2 Å². The van der Waals surface area contributed by atoms with Gasteiger partial charge in [-0.15, -0.1) is 0 Å². The lowest BCUT2D eigenvalue weighted by Gasteiger charge is -2.25. The van der Waals surface area contributed by atoms with E-state index in [1.807, 2.05) is 0 Å². The van der Waals surface area contributed by atoms with Gasteiger partial charge in [0.15, 0.2) is 0 Å². The topological polar surface area (TPSA) is 55.0 Å². The highest BCUT2D eigenvalue weighted by molar-refractivity contribution is 5.55. The molecule has 1 aliphatic carbocycles. The van der Waals surface area contributed by atoms with Crippen molar-refractivity contribution in [2.75, 3.05) is 23.7 Å². The smallest absolute Gasteiger partial charge is 0.368 e. The average Bonchev–Trinajstić information content (AvgIpc) is 3.07. The van der Waals surface area contributed by atoms with E-state index < -0.39 is 17.9 Å². The number of hydrogen-bond donors (Lipinski definition) is 1. The fraction of sp³-hybridized carbons (Fsp3) is 0.714. The van der Waals surface area contributed by atoms with Crippen molar-refractivity contribution in [3.05, 3.63) is 11.3 Å². The van der Waals surface area contributed by atoms with Crippen LogP contribution in [0.4, 0.5) is 29.3 Å². The van der Waals surface area contributed by atoms with E-state index in [0.29, 0.717) is 12.8 Å². The minimum absolute atomic E-state index is 0.0187. The van der Waals surface area contributed by atoms with E-state index in [-0.39, 0.29) is 42.9 Å². The van der Waals surface area contributed by atoms with Crippen molar-refractivity contribution < 1.29 is 17.6 Å². The van der Waals surface area contributed by atoms with Gasteiger partial charge in [-0.1, -0.05) is 12.8 Å². The van der Waals surface area contributed by atoms with Crippen LogP contribution in [-0.4, -0.2) is 29.2 Å². The van der Waals surface area contributed by atoms with Gasteiger partial charge in [0, 0.05) is 12.5 Å². The van der Waals surface area contributed by atoms with Crippen LogP contribution >= 0.6 is 0 Å². The molecule has 2 fully saturated rings. The van der Waals surface area contributed by atoms with Gasteiger partial charge in [0.2, 0.25) is 5.95 Å². The first-order valence-electron chi connectivity index (χ1n) is 7.50. The van der Waals surface area contributed by atoms with Crippen LogP contribution in [-0.2, 0) is 6.18 Å². The molecule has 2 heterocycles. The molecule has 0 bridgehead atoms. The third kappa shape index (κ3) is 2.83. The van der Waals surface area contributed by atoms with E-state index in [4.69, 9.17) is 5.73 Å². The van der Waals surface area contributed by atoms with Gasteiger partial charge >= 0.3 is 6.18 Å². The largest absolute Gasteiger partial charge is 0.421 e. The van der Waals surface area contributed by atoms with E-state index in [1.165, 1.54) is 4.90 Å². The molecule has 4 nitrogen and oxygen atoms in total. The van der Waals surface area contributed by atoms with Gasteiger partial charge in [-0.05, 0) is 19.3 Å². The number of aromatic nitrogens is 2. The van der Waals surface area contributed by atoms with E-state index in [2.05, 4.69) is 9.97 Å². The van der Waals surface area contributed by atoms with E-state index in [9.17, 15) is 17.6 Å². The minimum atomic E-state index is -4.57. The van der Waals surface area contributed by atoms with Gasteiger partial charge in [-0.3, -0.25) is 0 Å². The Kier molecular flexibility index (Phi) is 3.86. The van der Waals surface area contributed by atoms with Crippen molar-refractivity contribution >= 4 is 11.8 Å². The number of anilines is 2. The third-order valence-corrected chi connectivity index (χ3v) is 4.39. The van der Waals surface area contributed by atoms with Gasteiger partial charge in [-0.2, -0.15) is 18.2 Å². The number of alkyl halides is 4. The van der Waals surface area contributed by atoms with Crippen molar-refractivity contribution in [3.8, 4) is 0 Å². The molecular formula is C14H18F4N4. The second-order valence-electron chi connectivity index (χ2n) is 5.98. The summed E-state index contributed by atoms with van der Waals surface area (Å²) in [6.07, 6.45) is -2.38. The maximum atomic E-state index is 13.6. The lowest BCUT2D eigenvalue weighted by molar-refractivity contribution is -0.138. The minimum Gasteiger partial charge on any atom is -0.368 e. The quantitative estimate of drug-likeness (QED) is 0.850. The Morgan fingerprint density at radius 2 is 1.77 bits per heavy atom. The summed E-state index contributed by atoms with van der Waals surface area (Å²) >= 11 is 0. The summed E-state index contributed by atoms with van der Waals surface area (Å²) in [5.41, 5.74) is 4.78. The molecule has 8 heteroatoms. The van der Waals surface area contributed by atoms with Crippen LogP contribution in [0.25, 0.3) is 0 Å². The Morgan fingerprint density at radius 1 is 1.09 bits per heavy atom. The van der Waals surface area contributed by atoms with E-state index in [1.54, 1.807) is 0 Å². The number of rotatable bonds is 2. The molecule has 22 heavy (non-hydrogen) atoms. The van der Waals surface area contributed by atoms with Gasteiger partial charge in [-0.25, -0.2) is 9.37 Å². The zero-order valence-electron chi connectivity index (χ0n) is 12.0. The molecule has 1 aliphatic heterocycles. The normalized spacial score (nSPS) is 23.5. The number of halogens is 4. The van der Waals surface area contributed by atoms with Crippen LogP contribution in [0.2, 0.25) is 0 Å². The standard InChI is InChI=1S/C14H18F4N4/c15-9-5-6-22(7-9)12-10(14(16,17)18)11(20-13(19)21-12)8-3-1-2-4-8/h8-9H,1-7H2,(H2,19,20,21)/t9-/m1/s1. The molecule has 2 N–H and O–H groups in total. The fourth-order valence-electron chi connectivity index (χ4n) is 3.39. The molecule has 1 aromatic rings. The molecule has 0 radical (unpaired) electrons. The van der Waals surface area contributed by atoms with Crippen molar-refractivity contribution in [2.24, 2.45) is 0 Å². The summed E-state index contributed by atoms with van der Waals surface area (Å²) in [6.45, 7) is 0.133. The highest BCUT2D eigenvalue weighted by Crippen LogP contribution is 2.45. The van der Waals surface area contributed by atoms with Crippen molar-refractivity contribution in [1.29, 1.82) is 0 Å². The van der Waals surface area contributed by atoms with Crippen LogP contribution in [0.1, 0.15) is 49.3 Å². The van der Waals surface area contributed by atoms with Crippen molar-refractivity contribution in [1.82, 2.24) is 9.97 Å². The SMILES string of the molecule is Nc1nc(C2CCCC2)c(C(F)(F)F)c(N2CC[C@@H](F)C2)n1. The van der Waals surface area contributed by atoms with Crippen molar-refractivity contribution in [3.63, 3.8) is 0 Å². The first kappa shape index (κ1) is 15.3. The average molecular weight is 318 g/mol. The summed E-state index contributed by atoms with van der Waals surface area (Å²) in [7, 11) is 0. The van der Waals surface area contributed by atoms with Gasteiger partial charge in [0.25, 0.3) is 0 Å². The molecule has 1 saturated heterocycles. The molecule has 0 unspecified atom stereocenters. The molecule has 1 saturated carbocycles. The maximum Gasteiger partial charge on any atom is 0.421 e. The van der Waals surface area contributed by atoms with Crippen LogP contribution < -0.4 is 10.6 Å². The second kappa shape index (κ2) is 5.55. The number of nitrogens with two attached hydrogens (primary N) is 1. The van der Waals surface area contributed by atoms with Gasteiger partial charge < -0.3 is 10.6 Å². The maximum absolute atomic E-state index is 13.6. The lowest BCUT2D eigenvalue weighted by atomic mass is 9.98. The first-order chi connectivity index (χ1) is 10.4. The zero-order valence-corrected chi connectivity index (χ0v) is 12.0. The molecule has 0 amide bonds. The summed E-state index contributed by atoms with van der Waals surface area (Å²) in [5.74, 6) is -0.682. The van der Waals surface area contributed by atoms with Crippen LogP contribution in [0.5, 0.6) is 0 Å². The Labute approximate surface area is 125 Å². The molecule has 0 spiro atoms. The number of nitrogens with zero attached hydrogens (tertiary/aromatic N) is 3. The molecular weight excluding hydrogens is 300 g/mol. The molecule has 122 valence electrons. The molecule has 1 atom stereocenters. The zero-order chi connectivity index (χ0) is 15.9. The predicted octanol–water partition coefficient (Wildman–Crippen LogP) is 3.28. The molecule has 3 rings (SSSR count). The van der Waals surface area contributed by atoms with Crippen LogP contribution in [0.15, 0.2) is 0 Å². The predicted molar refractivity (Wildman–Crippen MR) is 74.4 cm³/mol. The summed E-state index contributed by atoms with van der Waals surface area (Å²) in [6, 6.07) is 0. The fourth-order valence-corrected chi connectivity index (χ4v) is 3.39. The summed E-state index contributed by atoms with van der Waals surface area (Å²) < 4.78 is 54.2. The first-order valence-corrected chi connectivity index (χ1v) is 7.50. The Bertz CT molecular complexity index is 555. The Morgan fingerprint density at radius 3 is 2.32 bits per heavy atom. The van der Waals surface area contributed by atoms with E-state index in [0.717, 1.165) is 12.8 Å². The monoisotopic (exact) mass is 318 g/mol. The summed E-state index contributed by atoms with van der Waals surface area (Å²) in [4.78, 5) is 9.03. The van der Waals surface area contributed by atoms with Crippen LogP contribution in [0.3, 0.4) is 0 Å².